The van der Waals surface area contributed by atoms with E-state index in [9.17, 15) is 0 Å². The van der Waals surface area contributed by atoms with Crippen LogP contribution in [0.5, 0.6) is 0 Å². The van der Waals surface area contributed by atoms with E-state index in [0.717, 1.165) is 9.78 Å². The van der Waals surface area contributed by atoms with Crippen LogP contribution >= 0.6 is 45.8 Å². The van der Waals surface area contributed by atoms with E-state index in [1.165, 1.54) is 28.6 Å². The van der Waals surface area contributed by atoms with Gasteiger partial charge in [0.05, 0.1) is 27.4 Å². The minimum atomic E-state index is 0.911. The summed E-state index contributed by atoms with van der Waals surface area (Å²) in [5.41, 5.74) is 1.36. The summed E-state index contributed by atoms with van der Waals surface area (Å²) >= 11 is 7.20. The molecule has 0 saturated carbocycles. The van der Waals surface area contributed by atoms with Gasteiger partial charge in [0, 0.05) is 5.39 Å². The molecule has 0 bridgehead atoms. The molecule has 0 aliphatic heterocycles. The maximum absolute atomic E-state index is 4.01. The molecule has 0 amide bonds. The third-order valence-corrected chi connectivity index (χ3v) is 7.97. The fourth-order valence-corrected chi connectivity index (χ4v) is 7.26. The number of aryl methyl sites for hydroxylation is 1. The van der Waals surface area contributed by atoms with Crippen molar-refractivity contribution in [2.45, 2.75) is 25.0 Å². The lowest BCUT2D eigenvalue weighted by molar-refractivity contribution is 1.48. The normalized spacial score (nSPS) is 10.2. The van der Waals surface area contributed by atoms with Gasteiger partial charge in [0.1, 0.15) is 0 Å². The molecule has 104 valence electrons. The van der Waals surface area contributed by atoms with Gasteiger partial charge in [0.25, 0.3) is 0 Å². The van der Waals surface area contributed by atoms with E-state index < -0.39 is 0 Å². The second kappa shape index (κ2) is 5.91. The van der Waals surface area contributed by atoms with Crippen LogP contribution in [-0.4, -0.2) is 0 Å². The van der Waals surface area contributed by atoms with Crippen LogP contribution in [0.1, 0.15) is 24.3 Å². The summed E-state index contributed by atoms with van der Waals surface area (Å²) in [6.07, 6.45) is 0. The molecule has 21 heavy (non-hydrogen) atoms. The lowest BCUT2D eigenvalue weighted by atomic mass is 10.3. The van der Waals surface area contributed by atoms with Gasteiger partial charge in [-0.25, -0.2) is 0 Å². The quantitative estimate of drug-likeness (QED) is 0.378. The fraction of sp³-hybridized carbons (Fsp3) is 0.176. The molecule has 3 rings (SSSR count). The van der Waals surface area contributed by atoms with Gasteiger partial charge in [-0.05, 0) is 32.4 Å². The Bertz CT molecular complexity index is 971. The van der Waals surface area contributed by atoms with Crippen molar-refractivity contribution in [2.75, 3.05) is 0 Å². The molecule has 4 heteroatoms. The lowest BCUT2D eigenvalue weighted by Gasteiger charge is -1.96. The van der Waals surface area contributed by atoms with Crippen molar-refractivity contribution in [2.24, 2.45) is 0 Å². The zero-order valence-corrected chi connectivity index (χ0v) is 15.2. The molecule has 0 spiro atoms. The van der Waals surface area contributed by atoms with Crippen molar-refractivity contribution >= 4 is 64.6 Å². The van der Waals surface area contributed by atoms with E-state index in [-0.39, 0.29) is 0 Å². The van der Waals surface area contributed by atoms with Crippen molar-refractivity contribution in [1.82, 2.24) is 0 Å². The van der Waals surface area contributed by atoms with Crippen LogP contribution in [0.2, 0.25) is 0 Å². The number of fused-ring (bicyclic) bond motifs is 3. The van der Waals surface area contributed by atoms with Gasteiger partial charge in [-0.2, -0.15) is 0 Å². The summed E-state index contributed by atoms with van der Waals surface area (Å²) in [7, 11) is 0. The van der Waals surface area contributed by atoms with E-state index in [4.69, 9.17) is 0 Å². The van der Waals surface area contributed by atoms with Crippen LogP contribution in [0.15, 0.2) is 21.8 Å². The van der Waals surface area contributed by atoms with Crippen LogP contribution in [0.3, 0.4) is 0 Å². The van der Waals surface area contributed by atoms with Crippen molar-refractivity contribution in [3.05, 3.63) is 28.0 Å². The molecule has 0 unspecified atom stereocenters. The zero-order valence-electron chi connectivity index (χ0n) is 11.9. The van der Waals surface area contributed by atoms with E-state index in [0.29, 0.717) is 0 Å². The molecule has 0 atom stereocenters. The van der Waals surface area contributed by atoms with E-state index in [1.54, 1.807) is 23.1 Å². The summed E-state index contributed by atoms with van der Waals surface area (Å²) in [5, 5.41) is 1.35. The number of thioether (sulfide) groups is 1. The van der Waals surface area contributed by atoms with Crippen LogP contribution in [-0.2, 0) is 0 Å². The van der Waals surface area contributed by atoms with Crippen molar-refractivity contribution in [1.29, 1.82) is 0 Å². The van der Waals surface area contributed by atoms with Gasteiger partial charge in [0.15, 0.2) is 0 Å². The van der Waals surface area contributed by atoms with Crippen molar-refractivity contribution in [3.8, 4) is 23.7 Å². The fourth-order valence-electron chi connectivity index (χ4n) is 2.04. The molecule has 0 aliphatic rings. The van der Waals surface area contributed by atoms with E-state index in [1.807, 2.05) is 36.5 Å². The topological polar surface area (TPSA) is 0 Å². The SMILES string of the molecule is C=C(C#CC)Sc1sc2c(sc3sc(C#CC)cc32)c1C. The number of hydrogen-bond donors (Lipinski definition) is 0. The van der Waals surface area contributed by atoms with Crippen LogP contribution in [0, 0.1) is 30.6 Å². The van der Waals surface area contributed by atoms with Crippen LogP contribution in [0.4, 0.5) is 0 Å². The van der Waals surface area contributed by atoms with E-state index >= 15 is 0 Å². The van der Waals surface area contributed by atoms with Crippen LogP contribution in [0.25, 0.3) is 18.8 Å². The Morgan fingerprint density at radius 3 is 2.67 bits per heavy atom. The molecule has 0 fully saturated rings. The first-order valence-corrected chi connectivity index (χ1v) is 9.58. The summed E-state index contributed by atoms with van der Waals surface area (Å²) in [6, 6.07) is 2.22. The molecule has 3 aromatic heterocycles. The Labute approximate surface area is 140 Å². The Morgan fingerprint density at radius 1 is 1.14 bits per heavy atom. The average Bonchev–Trinajstić information content (AvgIpc) is 3.04. The van der Waals surface area contributed by atoms with E-state index in [2.05, 4.69) is 43.3 Å². The number of thiophene rings is 3. The third kappa shape index (κ3) is 2.65. The highest BCUT2D eigenvalue weighted by molar-refractivity contribution is 8.05. The summed E-state index contributed by atoms with van der Waals surface area (Å²) in [4.78, 5) is 2.07. The Hall–Kier alpha value is -1.17. The third-order valence-electron chi connectivity index (χ3n) is 2.91. The first-order chi connectivity index (χ1) is 10.1. The highest BCUT2D eigenvalue weighted by Crippen LogP contribution is 2.49. The second-order valence-corrected chi connectivity index (χ2v) is 9.08. The van der Waals surface area contributed by atoms with Crippen molar-refractivity contribution in [3.63, 3.8) is 0 Å². The maximum Gasteiger partial charge on any atom is 0.0899 e. The summed E-state index contributed by atoms with van der Waals surface area (Å²) in [5.74, 6) is 12.1. The van der Waals surface area contributed by atoms with Crippen molar-refractivity contribution < 1.29 is 0 Å². The minimum Gasteiger partial charge on any atom is -0.127 e. The summed E-state index contributed by atoms with van der Waals surface area (Å²) in [6.45, 7) is 9.93. The molecule has 0 nitrogen and oxygen atoms in total. The van der Waals surface area contributed by atoms with Gasteiger partial charge in [0.2, 0.25) is 0 Å². The predicted octanol–water partition coefficient (Wildman–Crippen LogP) is 6.49. The second-order valence-electron chi connectivity index (χ2n) is 4.36. The molecule has 0 aromatic carbocycles. The number of allylic oxidation sites excluding steroid dienone is 1. The lowest BCUT2D eigenvalue weighted by Crippen LogP contribution is -1.70. The van der Waals surface area contributed by atoms with Gasteiger partial charge in [-0.3, -0.25) is 0 Å². The van der Waals surface area contributed by atoms with Gasteiger partial charge < -0.3 is 0 Å². The molecule has 3 heterocycles. The smallest absolute Gasteiger partial charge is 0.0899 e. The largest absolute Gasteiger partial charge is 0.127 e. The number of rotatable bonds is 2. The summed E-state index contributed by atoms with van der Waals surface area (Å²) < 4.78 is 5.46. The Morgan fingerprint density at radius 2 is 1.95 bits per heavy atom. The molecule has 3 aromatic rings. The Kier molecular flexibility index (Phi) is 4.15. The molecular formula is C17H12S4. The highest BCUT2D eigenvalue weighted by Gasteiger charge is 2.17. The van der Waals surface area contributed by atoms with Crippen LogP contribution < -0.4 is 0 Å². The van der Waals surface area contributed by atoms with Gasteiger partial charge in [-0.1, -0.05) is 30.2 Å². The minimum absolute atomic E-state index is 0.911. The van der Waals surface area contributed by atoms with Gasteiger partial charge >= 0.3 is 0 Å². The Balaban J connectivity index is 2.11. The van der Waals surface area contributed by atoms with Gasteiger partial charge in [-0.15, -0.1) is 45.9 Å². The molecule has 0 saturated heterocycles. The average molecular weight is 345 g/mol. The number of hydrogen-bond acceptors (Lipinski definition) is 4. The monoisotopic (exact) mass is 344 g/mol. The molecule has 0 aliphatic carbocycles. The molecule has 0 N–H and O–H groups in total. The standard InChI is InChI=1S/C17H12S4/c1-5-7-10(3)18-16-11(4)14-15(21-16)13-9-12(8-6-2)19-17(13)20-14/h9H,3H2,1-2,4H3. The predicted molar refractivity (Wildman–Crippen MR) is 101 cm³/mol. The maximum atomic E-state index is 4.01. The first-order valence-electron chi connectivity index (χ1n) is 6.31. The first kappa shape index (κ1) is 14.8. The highest BCUT2D eigenvalue weighted by atomic mass is 32.2. The molecule has 0 radical (unpaired) electrons. The molecular weight excluding hydrogens is 332 g/mol. The zero-order chi connectivity index (χ0) is 15.0.